The second kappa shape index (κ2) is 15.8. The molecule has 1 saturated heterocycles. The summed E-state index contributed by atoms with van der Waals surface area (Å²) in [7, 11) is 3.58. The Morgan fingerprint density at radius 1 is 1.18 bits per heavy atom. The summed E-state index contributed by atoms with van der Waals surface area (Å²) in [6.45, 7) is 3.84. The van der Waals surface area contributed by atoms with Gasteiger partial charge in [0.2, 0.25) is 5.91 Å². The third kappa shape index (κ3) is 8.79. The summed E-state index contributed by atoms with van der Waals surface area (Å²) in [5, 5.41) is 9.72. The summed E-state index contributed by atoms with van der Waals surface area (Å²) in [4.78, 5) is 28.0. The predicted octanol–water partition coefficient (Wildman–Crippen LogP) is 5.61. The highest BCUT2D eigenvalue weighted by Gasteiger charge is 2.45. The fraction of sp³-hybridized carbons (Fsp3) is 0.733. The summed E-state index contributed by atoms with van der Waals surface area (Å²) in [6.07, 6.45) is 10.9. The van der Waals surface area contributed by atoms with Crippen LogP contribution in [0.5, 0.6) is 0 Å². The summed E-state index contributed by atoms with van der Waals surface area (Å²) in [5.41, 5.74) is -0.597. The molecule has 220 valence electrons. The maximum Gasteiger partial charge on any atom is 0.317 e. The molecule has 1 saturated carbocycles. The number of likely N-dealkylation sites (tertiary alicyclic amines) is 1. The highest BCUT2D eigenvalue weighted by atomic mass is 35.5. The topological polar surface area (TPSA) is 82.7 Å². The fourth-order valence-corrected chi connectivity index (χ4v) is 6.87. The first kappa shape index (κ1) is 31.6. The SMILES string of the molecule is CNC[C@H](CC1CCCCC1)NC(=O)N1CCC[C@@H]([C@@](CCCCOC)(NC(C)=O)c2cccc(Cl)c2F)C1. The van der Waals surface area contributed by atoms with Crippen LogP contribution in [0.1, 0.15) is 83.1 Å². The van der Waals surface area contributed by atoms with E-state index in [1.54, 1.807) is 19.2 Å². The standard InChI is InChI=1S/C30H48ClFN4O3/c1-22(37)35-30(16-7-8-18-39-3,26-14-9-15-27(31)28(26)32)24-13-10-17-36(21-24)29(38)34-25(20-33-2)19-23-11-5-4-6-12-23/h9,14-15,23-25,33H,4-8,10-13,16-21H2,1-3H3,(H,34,38)(H,35,37)/t24-,25+,30-/m1/s1. The lowest BCUT2D eigenvalue weighted by Gasteiger charge is -2.47. The van der Waals surface area contributed by atoms with Crippen LogP contribution in [0.3, 0.4) is 0 Å². The molecule has 39 heavy (non-hydrogen) atoms. The van der Waals surface area contributed by atoms with E-state index in [-0.39, 0.29) is 28.9 Å². The minimum Gasteiger partial charge on any atom is -0.385 e. The molecule has 1 aromatic rings. The Labute approximate surface area is 238 Å². The zero-order valence-electron chi connectivity index (χ0n) is 24.0. The van der Waals surface area contributed by atoms with Crippen LogP contribution in [-0.2, 0) is 15.1 Å². The van der Waals surface area contributed by atoms with Crippen LogP contribution in [0.4, 0.5) is 9.18 Å². The molecule has 3 amide bonds. The van der Waals surface area contributed by atoms with E-state index >= 15 is 4.39 Å². The van der Waals surface area contributed by atoms with Crippen LogP contribution in [0.15, 0.2) is 18.2 Å². The molecule has 1 aliphatic heterocycles. The molecule has 0 bridgehead atoms. The Kier molecular flexibility index (Phi) is 12.8. The number of methoxy groups -OCH3 is 1. The van der Waals surface area contributed by atoms with Crippen LogP contribution >= 0.6 is 11.6 Å². The van der Waals surface area contributed by atoms with Gasteiger partial charge in [0.1, 0.15) is 5.82 Å². The molecule has 3 rings (SSSR count). The normalized spacial score (nSPS) is 20.7. The third-order valence-electron chi connectivity index (χ3n) is 8.53. The van der Waals surface area contributed by atoms with Crippen molar-refractivity contribution in [1.82, 2.24) is 20.9 Å². The number of urea groups is 1. The zero-order chi connectivity index (χ0) is 28.3. The van der Waals surface area contributed by atoms with Crippen molar-refractivity contribution in [3.8, 4) is 0 Å². The number of carbonyl (C=O) groups excluding carboxylic acids is 2. The van der Waals surface area contributed by atoms with Gasteiger partial charge in [0.25, 0.3) is 0 Å². The van der Waals surface area contributed by atoms with E-state index in [0.717, 1.165) is 38.6 Å². The minimum absolute atomic E-state index is 0.0298. The second-order valence-corrected chi connectivity index (χ2v) is 11.8. The molecule has 2 aliphatic rings. The average Bonchev–Trinajstić information content (AvgIpc) is 2.92. The number of amides is 3. The van der Waals surface area contributed by atoms with Gasteiger partial charge in [-0.25, -0.2) is 9.18 Å². The van der Waals surface area contributed by atoms with Gasteiger partial charge in [0.05, 0.1) is 10.6 Å². The summed E-state index contributed by atoms with van der Waals surface area (Å²) < 4.78 is 20.8. The van der Waals surface area contributed by atoms with Gasteiger partial charge >= 0.3 is 6.03 Å². The van der Waals surface area contributed by atoms with Crippen molar-refractivity contribution >= 4 is 23.5 Å². The molecule has 3 atom stereocenters. The van der Waals surface area contributed by atoms with Crippen molar-refractivity contribution < 1.29 is 18.7 Å². The van der Waals surface area contributed by atoms with Crippen molar-refractivity contribution in [1.29, 1.82) is 0 Å². The van der Waals surface area contributed by atoms with Gasteiger partial charge in [-0.15, -0.1) is 0 Å². The Morgan fingerprint density at radius 2 is 1.95 bits per heavy atom. The third-order valence-corrected chi connectivity index (χ3v) is 8.82. The summed E-state index contributed by atoms with van der Waals surface area (Å²) >= 11 is 6.24. The number of hydrogen-bond donors (Lipinski definition) is 3. The van der Waals surface area contributed by atoms with E-state index in [9.17, 15) is 9.59 Å². The van der Waals surface area contributed by atoms with E-state index in [1.807, 2.05) is 11.9 Å². The molecule has 0 radical (unpaired) electrons. The predicted molar refractivity (Wildman–Crippen MR) is 154 cm³/mol. The van der Waals surface area contributed by atoms with E-state index < -0.39 is 11.4 Å². The van der Waals surface area contributed by atoms with Crippen LogP contribution in [0, 0.1) is 17.7 Å². The van der Waals surface area contributed by atoms with E-state index in [1.165, 1.54) is 45.1 Å². The molecule has 3 N–H and O–H groups in total. The molecule has 0 spiro atoms. The van der Waals surface area contributed by atoms with Gasteiger partial charge in [-0.1, -0.05) is 55.8 Å². The smallest absolute Gasteiger partial charge is 0.317 e. The second-order valence-electron chi connectivity index (χ2n) is 11.4. The number of nitrogens with one attached hydrogen (secondary N) is 3. The molecule has 9 heteroatoms. The number of piperidine rings is 1. The largest absolute Gasteiger partial charge is 0.385 e. The number of halogens is 2. The Morgan fingerprint density at radius 3 is 2.64 bits per heavy atom. The Bertz CT molecular complexity index is 929. The average molecular weight is 567 g/mol. The molecule has 7 nitrogen and oxygen atoms in total. The van der Waals surface area contributed by atoms with Gasteiger partial charge in [-0.3, -0.25) is 4.79 Å². The minimum atomic E-state index is -0.986. The van der Waals surface area contributed by atoms with Crippen molar-refractivity contribution in [3.63, 3.8) is 0 Å². The number of rotatable bonds is 13. The molecule has 1 aromatic carbocycles. The van der Waals surface area contributed by atoms with Crippen LogP contribution in [0.2, 0.25) is 5.02 Å². The first-order valence-electron chi connectivity index (χ1n) is 14.7. The quantitative estimate of drug-likeness (QED) is 0.271. The number of hydrogen-bond acceptors (Lipinski definition) is 4. The van der Waals surface area contributed by atoms with Crippen molar-refractivity contribution in [2.45, 2.75) is 89.1 Å². The zero-order valence-corrected chi connectivity index (χ0v) is 24.8. The maximum absolute atomic E-state index is 15.6. The molecular formula is C30H48ClFN4O3. The van der Waals surface area contributed by atoms with Crippen molar-refractivity contribution in [2.24, 2.45) is 11.8 Å². The Hall–Kier alpha value is -1.90. The maximum atomic E-state index is 15.6. The number of unbranched alkanes of at least 4 members (excludes halogenated alkanes) is 1. The van der Waals surface area contributed by atoms with Gasteiger partial charge in [0, 0.05) is 57.8 Å². The van der Waals surface area contributed by atoms with E-state index in [4.69, 9.17) is 16.3 Å². The van der Waals surface area contributed by atoms with Crippen LogP contribution < -0.4 is 16.0 Å². The fourth-order valence-electron chi connectivity index (χ4n) is 6.70. The van der Waals surface area contributed by atoms with Gasteiger partial charge in [0.15, 0.2) is 0 Å². The number of likely N-dealkylation sites (N-methyl/N-ethyl adjacent to an activating group) is 1. The lowest BCUT2D eigenvalue weighted by Crippen LogP contribution is -2.58. The van der Waals surface area contributed by atoms with Crippen molar-refractivity contribution in [3.05, 3.63) is 34.6 Å². The molecule has 0 aromatic heterocycles. The molecule has 1 aliphatic carbocycles. The highest BCUT2D eigenvalue weighted by Crippen LogP contribution is 2.42. The first-order valence-corrected chi connectivity index (χ1v) is 15.1. The molecule has 1 heterocycles. The Balaban J connectivity index is 1.83. The van der Waals surface area contributed by atoms with Crippen molar-refractivity contribution in [2.75, 3.05) is 40.4 Å². The number of benzene rings is 1. The van der Waals surface area contributed by atoms with E-state index in [0.29, 0.717) is 37.6 Å². The molecule has 2 fully saturated rings. The summed E-state index contributed by atoms with van der Waals surface area (Å²) in [5.74, 6) is -0.263. The summed E-state index contributed by atoms with van der Waals surface area (Å²) in [6, 6.07) is 4.95. The van der Waals surface area contributed by atoms with Gasteiger partial charge in [-0.2, -0.15) is 0 Å². The van der Waals surface area contributed by atoms with Gasteiger partial charge < -0.3 is 25.6 Å². The van der Waals surface area contributed by atoms with Crippen LogP contribution in [0.25, 0.3) is 0 Å². The van der Waals surface area contributed by atoms with E-state index in [2.05, 4.69) is 16.0 Å². The number of carbonyl (C=O) groups is 2. The lowest BCUT2D eigenvalue weighted by atomic mass is 9.71. The lowest BCUT2D eigenvalue weighted by molar-refractivity contribution is -0.122. The number of ether oxygens (including phenoxy) is 1. The number of nitrogens with zero attached hydrogens (tertiary/aromatic N) is 1. The molecular weight excluding hydrogens is 519 g/mol. The highest BCUT2D eigenvalue weighted by molar-refractivity contribution is 6.30. The van der Waals surface area contributed by atoms with Crippen LogP contribution in [-0.4, -0.2) is 63.3 Å². The molecule has 0 unspecified atom stereocenters. The first-order chi connectivity index (χ1) is 18.8. The van der Waals surface area contributed by atoms with Gasteiger partial charge in [-0.05, 0) is 57.6 Å². The monoisotopic (exact) mass is 566 g/mol.